The molecule has 4 heterocycles. The van der Waals surface area contributed by atoms with Gasteiger partial charge in [-0.2, -0.15) is 0 Å². The van der Waals surface area contributed by atoms with Crippen molar-refractivity contribution in [3.05, 3.63) is 40.6 Å². The summed E-state index contributed by atoms with van der Waals surface area (Å²) < 4.78 is 58.7. The zero-order valence-electron chi connectivity index (χ0n) is 19.0. The van der Waals surface area contributed by atoms with E-state index in [0.29, 0.717) is 41.0 Å². The number of hydrogen-bond acceptors (Lipinski definition) is 8. The molecule has 1 aromatic carbocycles. The predicted molar refractivity (Wildman–Crippen MR) is 116 cm³/mol. The molecule has 0 radical (unpaired) electrons. The maximum Gasteiger partial charge on any atom is 0.522 e. The Hall–Kier alpha value is -2.21. The van der Waals surface area contributed by atoms with Crippen LogP contribution in [0.3, 0.4) is 0 Å². The van der Waals surface area contributed by atoms with Crippen LogP contribution in [-0.4, -0.2) is 51.9 Å². The highest BCUT2D eigenvalue weighted by Gasteiger charge is 2.51. The van der Waals surface area contributed by atoms with Gasteiger partial charge in [0.2, 0.25) is 11.8 Å². The van der Waals surface area contributed by atoms with Gasteiger partial charge in [-0.05, 0) is 49.8 Å². The van der Waals surface area contributed by atoms with E-state index < -0.39 is 24.7 Å². The fourth-order valence-corrected chi connectivity index (χ4v) is 6.02. The van der Waals surface area contributed by atoms with Crippen molar-refractivity contribution in [2.24, 2.45) is 5.92 Å². The standard InChI is InChI=1S/C24H24ClF3N2O6/c25-12-1-2-18-14(7-12)16(31)9-21(33-18)17(32)5-10-6-20-15(8-19(10)34-20)23-30-29-22(35-23)11-3-13(4-11)36-24(26,27)28/h1-2,7,10-11,13,15-16,19-21,31H,3-6,8-9H2/t10-,11?,13?,15-,16+,19+,20+,21+/m1/s1. The number of halogens is 4. The van der Waals surface area contributed by atoms with E-state index in [1.165, 1.54) is 0 Å². The minimum atomic E-state index is -4.64. The van der Waals surface area contributed by atoms with Gasteiger partial charge in [-0.25, -0.2) is 0 Å². The van der Waals surface area contributed by atoms with E-state index in [1.54, 1.807) is 18.2 Å². The second-order valence-electron chi connectivity index (χ2n) is 10.1. The van der Waals surface area contributed by atoms with Gasteiger partial charge in [0.05, 0.1) is 30.3 Å². The molecule has 6 rings (SSSR count). The van der Waals surface area contributed by atoms with Crippen molar-refractivity contribution in [3.8, 4) is 5.75 Å². The minimum absolute atomic E-state index is 0.0282. The summed E-state index contributed by atoms with van der Waals surface area (Å²) in [6.07, 6.45) is -5.24. The Kier molecular flexibility index (Phi) is 6.01. The van der Waals surface area contributed by atoms with Gasteiger partial charge < -0.3 is 19.0 Å². The topological polar surface area (TPSA) is 104 Å². The lowest BCUT2D eigenvalue weighted by molar-refractivity contribution is -0.352. The average Bonchev–Trinajstić information content (AvgIpc) is 3.51. The number of carbonyl (C=O) groups is 1. The van der Waals surface area contributed by atoms with Crippen molar-refractivity contribution in [2.75, 3.05) is 0 Å². The van der Waals surface area contributed by atoms with E-state index in [1.807, 2.05) is 0 Å². The Labute approximate surface area is 209 Å². The number of Topliss-reactive ketones (excluding diaryl/α,β-unsaturated/α-hetero) is 1. The first-order chi connectivity index (χ1) is 17.1. The van der Waals surface area contributed by atoms with Crippen LogP contribution in [0.15, 0.2) is 22.6 Å². The van der Waals surface area contributed by atoms with E-state index in [0.717, 1.165) is 0 Å². The predicted octanol–water partition coefficient (Wildman–Crippen LogP) is 4.61. The Morgan fingerprint density at radius 2 is 1.89 bits per heavy atom. The summed E-state index contributed by atoms with van der Waals surface area (Å²) in [6, 6.07) is 4.97. The maximum absolute atomic E-state index is 13.0. The first-order valence-electron chi connectivity index (χ1n) is 12.0. The molecule has 1 aliphatic carbocycles. The van der Waals surface area contributed by atoms with Gasteiger partial charge in [-0.3, -0.25) is 9.53 Å². The number of ketones is 1. The maximum atomic E-state index is 13.0. The van der Waals surface area contributed by atoms with Gasteiger partial charge in [0, 0.05) is 29.3 Å². The van der Waals surface area contributed by atoms with Crippen molar-refractivity contribution >= 4 is 17.4 Å². The summed E-state index contributed by atoms with van der Waals surface area (Å²) in [4.78, 5) is 13.0. The number of carbonyl (C=O) groups excluding carboxylic acids is 1. The molecule has 3 fully saturated rings. The number of ether oxygens (including phenoxy) is 3. The number of aliphatic hydroxyl groups is 1. The van der Waals surface area contributed by atoms with E-state index in [4.69, 9.17) is 25.5 Å². The molecule has 1 saturated carbocycles. The summed E-state index contributed by atoms with van der Waals surface area (Å²) in [5, 5.41) is 19.1. The highest BCUT2D eigenvalue weighted by atomic mass is 35.5. The van der Waals surface area contributed by atoms with E-state index in [-0.39, 0.29) is 61.4 Å². The normalized spacial score (nSPS) is 35.2. The van der Waals surface area contributed by atoms with Gasteiger partial charge in [0.15, 0.2) is 11.9 Å². The third kappa shape index (κ3) is 4.62. The monoisotopic (exact) mass is 528 g/mol. The summed E-state index contributed by atoms with van der Waals surface area (Å²) >= 11 is 6.00. The molecule has 6 atom stereocenters. The van der Waals surface area contributed by atoms with Crippen molar-refractivity contribution < 1.29 is 41.7 Å². The van der Waals surface area contributed by atoms with E-state index >= 15 is 0 Å². The molecular formula is C24H24ClF3N2O6. The number of nitrogens with zero attached hydrogens (tertiary/aromatic N) is 2. The number of aliphatic hydroxyl groups excluding tert-OH is 1. The first kappa shape index (κ1) is 24.1. The Bertz CT molecular complexity index is 1150. The molecule has 4 aliphatic rings. The van der Waals surface area contributed by atoms with Gasteiger partial charge in [0.1, 0.15) is 5.75 Å². The zero-order valence-corrected chi connectivity index (χ0v) is 19.7. The molecule has 0 amide bonds. The van der Waals surface area contributed by atoms with Crippen LogP contribution in [-0.2, 0) is 14.3 Å². The van der Waals surface area contributed by atoms with Crippen LogP contribution in [0.2, 0.25) is 5.02 Å². The smallest absolute Gasteiger partial charge is 0.482 e. The van der Waals surface area contributed by atoms with Gasteiger partial charge >= 0.3 is 6.36 Å². The average molecular weight is 529 g/mol. The third-order valence-corrected chi connectivity index (χ3v) is 7.96. The van der Waals surface area contributed by atoms with Crippen molar-refractivity contribution in [1.82, 2.24) is 10.2 Å². The van der Waals surface area contributed by atoms with Gasteiger partial charge in [-0.1, -0.05) is 11.6 Å². The molecule has 8 nitrogen and oxygen atoms in total. The molecule has 2 aromatic rings. The number of benzene rings is 1. The zero-order chi connectivity index (χ0) is 25.2. The molecule has 0 unspecified atom stereocenters. The van der Waals surface area contributed by atoms with Crippen LogP contribution in [0.5, 0.6) is 5.75 Å². The molecule has 194 valence electrons. The van der Waals surface area contributed by atoms with Crippen LogP contribution in [0, 0.1) is 5.92 Å². The van der Waals surface area contributed by atoms with Crippen LogP contribution >= 0.6 is 11.6 Å². The summed E-state index contributed by atoms with van der Waals surface area (Å²) in [6.45, 7) is 0. The minimum Gasteiger partial charge on any atom is -0.482 e. The van der Waals surface area contributed by atoms with Crippen molar-refractivity contribution in [1.29, 1.82) is 0 Å². The Morgan fingerprint density at radius 1 is 1.11 bits per heavy atom. The molecule has 2 bridgehead atoms. The second kappa shape index (κ2) is 8.97. The second-order valence-corrected chi connectivity index (χ2v) is 10.5. The fourth-order valence-electron chi connectivity index (χ4n) is 5.84. The highest BCUT2D eigenvalue weighted by Crippen LogP contribution is 2.49. The Balaban J connectivity index is 1.02. The van der Waals surface area contributed by atoms with E-state index in [9.17, 15) is 23.1 Å². The van der Waals surface area contributed by atoms with Crippen LogP contribution in [0.1, 0.15) is 73.8 Å². The Morgan fingerprint density at radius 3 is 2.61 bits per heavy atom. The van der Waals surface area contributed by atoms with E-state index in [2.05, 4.69) is 14.9 Å². The lowest BCUT2D eigenvalue weighted by atomic mass is 9.79. The van der Waals surface area contributed by atoms with Crippen LogP contribution in [0.4, 0.5) is 13.2 Å². The first-order valence-corrected chi connectivity index (χ1v) is 12.4. The third-order valence-electron chi connectivity index (χ3n) is 7.72. The number of alkyl halides is 3. The largest absolute Gasteiger partial charge is 0.522 e. The quantitative estimate of drug-likeness (QED) is 0.580. The number of rotatable bonds is 6. The molecule has 36 heavy (non-hydrogen) atoms. The number of hydrogen-bond donors (Lipinski definition) is 1. The summed E-state index contributed by atoms with van der Waals surface area (Å²) in [7, 11) is 0. The molecule has 0 spiro atoms. The lowest BCUT2D eigenvalue weighted by Gasteiger charge is -2.32. The van der Waals surface area contributed by atoms with Crippen LogP contribution in [0.25, 0.3) is 0 Å². The van der Waals surface area contributed by atoms with Gasteiger partial charge in [-0.15, -0.1) is 23.4 Å². The SMILES string of the molecule is O=C(C[C@@H]1C[C@@H]2O[C@H]1C[C@H]2c1nnc(C2CC(OC(F)(F)F)C2)o1)[C@@H]1C[C@H](O)c2cc(Cl)ccc2O1. The molecule has 1 aromatic heterocycles. The van der Waals surface area contributed by atoms with Gasteiger partial charge in [0.25, 0.3) is 0 Å². The van der Waals surface area contributed by atoms with Crippen LogP contribution < -0.4 is 4.74 Å². The summed E-state index contributed by atoms with van der Waals surface area (Å²) in [5.41, 5.74) is 0.585. The lowest BCUT2D eigenvalue weighted by Crippen LogP contribution is -2.36. The van der Waals surface area contributed by atoms with Crippen molar-refractivity contribution in [2.45, 2.75) is 87.2 Å². The fraction of sp³-hybridized carbons (Fsp3) is 0.625. The number of fused-ring (bicyclic) bond motifs is 3. The highest BCUT2D eigenvalue weighted by molar-refractivity contribution is 6.30. The molecule has 2 saturated heterocycles. The molecule has 3 aliphatic heterocycles. The molecule has 12 heteroatoms. The summed E-state index contributed by atoms with van der Waals surface area (Å²) in [5.74, 6) is 0.835. The number of aromatic nitrogens is 2. The molecular weight excluding hydrogens is 505 g/mol. The molecule has 1 N–H and O–H groups in total. The van der Waals surface area contributed by atoms with Crippen molar-refractivity contribution in [3.63, 3.8) is 0 Å².